The summed E-state index contributed by atoms with van der Waals surface area (Å²) in [5.74, 6) is 0.0158. The van der Waals surface area contributed by atoms with E-state index in [1.54, 1.807) is 7.11 Å². The second-order valence-electron chi connectivity index (χ2n) is 10.6. The summed E-state index contributed by atoms with van der Waals surface area (Å²) < 4.78 is 5.87. The Bertz CT molecular complexity index is 1610. The van der Waals surface area contributed by atoms with E-state index in [1.807, 2.05) is 75.7 Å². The lowest BCUT2D eigenvalue weighted by atomic mass is 9.70. The summed E-state index contributed by atoms with van der Waals surface area (Å²) in [6.07, 6.45) is 2.31. The van der Waals surface area contributed by atoms with E-state index in [1.165, 1.54) is 0 Å². The number of methoxy groups -OCH3 is 1. The van der Waals surface area contributed by atoms with E-state index in [2.05, 4.69) is 53.4 Å². The zero-order chi connectivity index (χ0) is 28.3. The van der Waals surface area contributed by atoms with Crippen molar-refractivity contribution in [2.45, 2.75) is 24.9 Å². The average molecular weight is 551 g/mol. The normalized spacial score (nSPS) is 13.8. The molecule has 0 fully saturated rings. The van der Waals surface area contributed by atoms with Crippen molar-refractivity contribution >= 4 is 22.4 Å². The molecule has 204 valence electrons. The Kier molecular flexibility index (Phi) is 8.22. The SMILES string of the molecule is COc1ncc(-c2ccc(C)c(Cl)c2)cc1C(c1ccccc1)C(O)(CCN(C)C)c1cccc2ccccc12. The van der Waals surface area contributed by atoms with Crippen molar-refractivity contribution in [3.63, 3.8) is 0 Å². The van der Waals surface area contributed by atoms with Gasteiger partial charge < -0.3 is 14.7 Å². The van der Waals surface area contributed by atoms with Gasteiger partial charge >= 0.3 is 0 Å². The molecule has 5 rings (SSSR count). The van der Waals surface area contributed by atoms with Crippen molar-refractivity contribution < 1.29 is 9.84 Å². The first-order valence-corrected chi connectivity index (χ1v) is 13.9. The molecule has 2 unspecified atom stereocenters. The van der Waals surface area contributed by atoms with Crippen LogP contribution in [-0.2, 0) is 5.60 Å². The minimum absolute atomic E-state index is 0.470. The van der Waals surface area contributed by atoms with Crippen LogP contribution in [0.4, 0.5) is 0 Å². The molecule has 0 aliphatic rings. The molecule has 0 saturated carbocycles. The molecule has 4 nitrogen and oxygen atoms in total. The number of pyridine rings is 1. The van der Waals surface area contributed by atoms with Gasteiger partial charge in [0.15, 0.2) is 0 Å². The van der Waals surface area contributed by atoms with Crippen LogP contribution < -0.4 is 4.74 Å². The lowest BCUT2D eigenvalue weighted by Crippen LogP contribution is -2.38. The van der Waals surface area contributed by atoms with Gasteiger partial charge in [-0.05, 0) is 72.6 Å². The van der Waals surface area contributed by atoms with E-state index >= 15 is 0 Å². The number of benzene rings is 4. The highest BCUT2D eigenvalue weighted by atomic mass is 35.5. The summed E-state index contributed by atoms with van der Waals surface area (Å²) in [4.78, 5) is 6.86. The van der Waals surface area contributed by atoms with Crippen LogP contribution in [0.2, 0.25) is 5.02 Å². The Morgan fingerprint density at radius 2 is 1.62 bits per heavy atom. The molecule has 0 saturated heterocycles. The molecule has 0 aliphatic heterocycles. The van der Waals surface area contributed by atoms with Crippen LogP contribution in [0.5, 0.6) is 5.88 Å². The minimum atomic E-state index is -1.29. The van der Waals surface area contributed by atoms with Gasteiger partial charge in [0.2, 0.25) is 5.88 Å². The molecular weight excluding hydrogens is 516 g/mol. The first-order valence-electron chi connectivity index (χ1n) is 13.5. The number of halogens is 1. The smallest absolute Gasteiger partial charge is 0.217 e. The van der Waals surface area contributed by atoms with Crippen LogP contribution >= 0.6 is 11.6 Å². The monoisotopic (exact) mass is 550 g/mol. The summed E-state index contributed by atoms with van der Waals surface area (Å²) in [5, 5.41) is 15.9. The van der Waals surface area contributed by atoms with Gasteiger partial charge in [-0.1, -0.05) is 96.5 Å². The summed E-state index contributed by atoms with van der Waals surface area (Å²) >= 11 is 6.51. The third-order valence-corrected chi connectivity index (χ3v) is 8.10. The molecule has 1 aromatic heterocycles. The Balaban J connectivity index is 1.80. The topological polar surface area (TPSA) is 45.6 Å². The van der Waals surface area contributed by atoms with Gasteiger partial charge in [0.1, 0.15) is 5.60 Å². The first kappa shape index (κ1) is 27.9. The minimum Gasteiger partial charge on any atom is -0.481 e. The van der Waals surface area contributed by atoms with Crippen LogP contribution in [0.25, 0.3) is 21.9 Å². The largest absolute Gasteiger partial charge is 0.481 e. The van der Waals surface area contributed by atoms with Crippen LogP contribution in [-0.4, -0.2) is 42.7 Å². The van der Waals surface area contributed by atoms with Gasteiger partial charge in [0.05, 0.1) is 7.11 Å². The fourth-order valence-electron chi connectivity index (χ4n) is 5.57. The maximum absolute atomic E-state index is 13.1. The predicted octanol–water partition coefficient (Wildman–Crippen LogP) is 7.84. The summed E-state index contributed by atoms with van der Waals surface area (Å²) in [6, 6.07) is 32.7. The lowest BCUT2D eigenvalue weighted by molar-refractivity contribution is 0.00517. The second-order valence-corrected chi connectivity index (χ2v) is 11.0. The zero-order valence-corrected chi connectivity index (χ0v) is 24.2. The van der Waals surface area contributed by atoms with Gasteiger partial charge in [-0.25, -0.2) is 4.98 Å². The van der Waals surface area contributed by atoms with Crippen LogP contribution in [0.15, 0.2) is 103 Å². The van der Waals surface area contributed by atoms with Crippen molar-refractivity contribution in [1.82, 2.24) is 9.88 Å². The number of nitrogens with zero attached hydrogens (tertiary/aromatic N) is 2. The Morgan fingerprint density at radius 1 is 0.900 bits per heavy atom. The van der Waals surface area contributed by atoms with Gasteiger partial charge in [-0.3, -0.25) is 0 Å². The second kappa shape index (κ2) is 11.8. The molecule has 0 aliphatic carbocycles. The number of hydrogen-bond acceptors (Lipinski definition) is 4. The fourth-order valence-corrected chi connectivity index (χ4v) is 5.75. The van der Waals surface area contributed by atoms with Crippen molar-refractivity contribution in [3.05, 3.63) is 131 Å². The number of rotatable bonds is 9. The Hall–Kier alpha value is -3.70. The maximum Gasteiger partial charge on any atom is 0.217 e. The molecule has 40 heavy (non-hydrogen) atoms. The summed E-state index contributed by atoms with van der Waals surface area (Å²) in [7, 11) is 5.70. The van der Waals surface area contributed by atoms with E-state index in [-0.39, 0.29) is 0 Å². The predicted molar refractivity (Wildman–Crippen MR) is 165 cm³/mol. The summed E-state index contributed by atoms with van der Waals surface area (Å²) in [6.45, 7) is 2.68. The Labute approximate surface area is 241 Å². The van der Waals surface area contributed by atoms with E-state index in [0.717, 1.165) is 44.2 Å². The molecule has 0 spiro atoms. The average Bonchev–Trinajstić information content (AvgIpc) is 2.98. The number of aliphatic hydroxyl groups is 1. The number of hydrogen-bond donors (Lipinski definition) is 1. The van der Waals surface area contributed by atoms with Crippen LogP contribution in [0.3, 0.4) is 0 Å². The number of ether oxygens (including phenoxy) is 1. The van der Waals surface area contributed by atoms with Gasteiger partial charge in [-0.15, -0.1) is 0 Å². The lowest BCUT2D eigenvalue weighted by Gasteiger charge is -2.39. The van der Waals surface area contributed by atoms with E-state index in [9.17, 15) is 5.11 Å². The molecule has 5 heteroatoms. The zero-order valence-electron chi connectivity index (χ0n) is 23.4. The number of fused-ring (bicyclic) bond motifs is 1. The molecule has 2 atom stereocenters. The van der Waals surface area contributed by atoms with E-state index in [4.69, 9.17) is 21.3 Å². The molecule has 0 bridgehead atoms. The van der Waals surface area contributed by atoms with Gasteiger partial charge in [0, 0.05) is 34.8 Å². The maximum atomic E-state index is 13.1. The highest BCUT2D eigenvalue weighted by Crippen LogP contribution is 2.49. The molecule has 1 N–H and O–H groups in total. The summed E-state index contributed by atoms with van der Waals surface area (Å²) in [5.41, 5.74) is 4.28. The van der Waals surface area contributed by atoms with Gasteiger partial charge in [0.25, 0.3) is 0 Å². The van der Waals surface area contributed by atoms with Crippen molar-refractivity contribution in [3.8, 4) is 17.0 Å². The fraction of sp³-hybridized carbons (Fsp3) is 0.229. The third-order valence-electron chi connectivity index (χ3n) is 7.70. The third kappa shape index (κ3) is 5.48. The van der Waals surface area contributed by atoms with Crippen LogP contribution in [0.1, 0.15) is 34.6 Å². The number of aryl methyl sites for hydroxylation is 1. The standard InChI is InChI=1S/C35H35ClN2O2/c1-24-17-18-27(22-32(24)36)28-21-30(34(40-4)37-23-28)33(26-12-6-5-7-13-26)35(39,19-20-38(2)3)31-16-10-14-25-11-8-9-15-29(25)31/h5-18,21-23,33,39H,19-20H2,1-4H3. The number of aromatic nitrogens is 1. The highest BCUT2D eigenvalue weighted by Gasteiger charge is 2.43. The van der Waals surface area contributed by atoms with Gasteiger partial charge in [-0.2, -0.15) is 0 Å². The Morgan fingerprint density at radius 3 is 2.35 bits per heavy atom. The van der Waals surface area contributed by atoms with E-state index in [0.29, 0.717) is 23.9 Å². The molecule has 0 radical (unpaired) electrons. The van der Waals surface area contributed by atoms with Crippen molar-refractivity contribution in [2.24, 2.45) is 0 Å². The quantitative estimate of drug-likeness (QED) is 0.203. The molecule has 0 amide bonds. The van der Waals surface area contributed by atoms with Crippen molar-refractivity contribution in [2.75, 3.05) is 27.7 Å². The van der Waals surface area contributed by atoms with E-state index < -0.39 is 11.5 Å². The van der Waals surface area contributed by atoms with Crippen molar-refractivity contribution in [1.29, 1.82) is 0 Å². The molecule has 5 aromatic rings. The van der Waals surface area contributed by atoms with Crippen LogP contribution in [0, 0.1) is 6.92 Å². The molecule has 1 heterocycles. The highest BCUT2D eigenvalue weighted by molar-refractivity contribution is 6.31. The molecule has 4 aromatic carbocycles. The first-order chi connectivity index (χ1) is 19.3. The molecular formula is C35H35ClN2O2.